The Hall–Kier alpha value is -2.77. The minimum atomic E-state index is -4.48. The third-order valence-corrected chi connectivity index (χ3v) is 3.04. The molecule has 3 aromatic rings. The Morgan fingerprint density at radius 3 is 2.57 bits per heavy atom. The van der Waals surface area contributed by atoms with Gasteiger partial charge in [0, 0.05) is 6.20 Å². The van der Waals surface area contributed by atoms with Crippen LogP contribution in [0.2, 0.25) is 0 Å². The molecule has 0 aliphatic heterocycles. The number of nitrogens with zero attached hydrogens (tertiary/aromatic N) is 3. The summed E-state index contributed by atoms with van der Waals surface area (Å²) in [5, 5.41) is 17.5. The zero-order valence-electron chi connectivity index (χ0n) is 10.5. The average Bonchev–Trinajstić information content (AvgIpc) is 2.84. The summed E-state index contributed by atoms with van der Waals surface area (Å²) >= 11 is 0. The van der Waals surface area contributed by atoms with Crippen molar-refractivity contribution in [1.29, 1.82) is 0 Å². The van der Waals surface area contributed by atoms with E-state index >= 15 is 0 Å². The fourth-order valence-electron chi connectivity index (χ4n) is 1.98. The van der Waals surface area contributed by atoms with Gasteiger partial charge >= 0.3 is 6.18 Å². The minimum absolute atomic E-state index is 0.0842. The number of hydrogen-bond donors (Lipinski definition) is 2. The van der Waals surface area contributed by atoms with Gasteiger partial charge in [0.15, 0.2) is 11.5 Å². The Morgan fingerprint density at radius 2 is 1.86 bits per heavy atom. The maximum absolute atomic E-state index is 12.8. The number of para-hydroxylation sites is 1. The van der Waals surface area contributed by atoms with Crippen LogP contribution in [-0.4, -0.2) is 19.7 Å². The second kappa shape index (κ2) is 4.37. The normalized spacial score (nSPS) is 12.0. The number of hydrogen-bond acceptors (Lipinski definition) is 4. The highest BCUT2D eigenvalue weighted by Crippen LogP contribution is 2.34. The maximum Gasteiger partial charge on any atom is 0.417 e. The molecule has 0 unspecified atom stereocenters. The van der Waals surface area contributed by atoms with Gasteiger partial charge in [-0.25, -0.2) is 0 Å². The molecule has 2 heterocycles. The maximum atomic E-state index is 12.8. The monoisotopic (exact) mass is 294 g/mol. The van der Waals surface area contributed by atoms with Crippen LogP contribution in [0.4, 0.5) is 18.9 Å². The van der Waals surface area contributed by atoms with Gasteiger partial charge in [0.1, 0.15) is 5.75 Å². The molecular formula is C13H9F3N4O. The standard InChI is InChI=1S/C13H9F3N4O/c14-13(15,16)7-4-5-10-18-19-12(20(10)6-7)8-2-1-3-9(17)11(8)21/h1-6,21H,17H2. The quantitative estimate of drug-likeness (QED) is 0.534. The zero-order chi connectivity index (χ0) is 15.2. The summed E-state index contributed by atoms with van der Waals surface area (Å²) in [5.41, 5.74) is 5.30. The number of alkyl halides is 3. The molecule has 8 heteroatoms. The number of phenolic OH excluding ortho intramolecular Hbond substituents is 1. The molecular weight excluding hydrogens is 285 g/mol. The first-order chi connectivity index (χ1) is 9.88. The van der Waals surface area contributed by atoms with E-state index in [0.717, 1.165) is 16.7 Å². The molecule has 0 aliphatic rings. The highest BCUT2D eigenvalue weighted by Gasteiger charge is 2.31. The van der Waals surface area contributed by atoms with Crippen LogP contribution in [0.1, 0.15) is 5.56 Å². The van der Waals surface area contributed by atoms with Crippen molar-refractivity contribution in [3.63, 3.8) is 0 Å². The molecule has 0 amide bonds. The van der Waals surface area contributed by atoms with Gasteiger partial charge in [0.05, 0.1) is 16.8 Å². The molecule has 1 aromatic carbocycles. The Morgan fingerprint density at radius 1 is 1.10 bits per heavy atom. The first-order valence-corrected chi connectivity index (χ1v) is 5.88. The van der Waals surface area contributed by atoms with Crippen molar-refractivity contribution in [2.75, 3.05) is 5.73 Å². The lowest BCUT2D eigenvalue weighted by molar-refractivity contribution is -0.137. The number of aromatic nitrogens is 3. The first kappa shape index (κ1) is 13.2. The van der Waals surface area contributed by atoms with Crippen molar-refractivity contribution < 1.29 is 18.3 Å². The number of benzene rings is 1. The number of nitrogen functional groups attached to an aromatic ring is 1. The Balaban J connectivity index is 2.26. The lowest BCUT2D eigenvalue weighted by Gasteiger charge is -2.08. The first-order valence-electron chi connectivity index (χ1n) is 5.88. The summed E-state index contributed by atoms with van der Waals surface area (Å²) in [5.74, 6) is -0.162. The summed E-state index contributed by atoms with van der Waals surface area (Å²) in [6, 6.07) is 6.68. The molecule has 0 aliphatic carbocycles. The largest absolute Gasteiger partial charge is 0.505 e. The number of aromatic hydroxyl groups is 1. The molecule has 108 valence electrons. The van der Waals surface area contributed by atoms with Crippen LogP contribution in [0.15, 0.2) is 36.5 Å². The second-order valence-corrected chi connectivity index (χ2v) is 4.41. The Labute approximate surface area is 116 Å². The van der Waals surface area contributed by atoms with Crippen molar-refractivity contribution in [1.82, 2.24) is 14.6 Å². The van der Waals surface area contributed by atoms with Crippen LogP contribution < -0.4 is 5.73 Å². The van der Waals surface area contributed by atoms with E-state index in [4.69, 9.17) is 5.73 Å². The van der Waals surface area contributed by atoms with E-state index in [1.54, 1.807) is 6.07 Å². The van der Waals surface area contributed by atoms with Gasteiger partial charge in [0.25, 0.3) is 0 Å². The van der Waals surface area contributed by atoms with E-state index in [1.165, 1.54) is 18.2 Å². The van der Waals surface area contributed by atoms with Gasteiger partial charge < -0.3 is 10.8 Å². The van der Waals surface area contributed by atoms with E-state index in [-0.39, 0.29) is 28.5 Å². The van der Waals surface area contributed by atoms with Crippen LogP contribution in [0.3, 0.4) is 0 Å². The van der Waals surface area contributed by atoms with E-state index in [1.807, 2.05) is 0 Å². The average molecular weight is 294 g/mol. The molecule has 0 spiro atoms. The number of rotatable bonds is 1. The number of phenols is 1. The molecule has 3 N–H and O–H groups in total. The zero-order valence-corrected chi connectivity index (χ0v) is 10.5. The molecule has 5 nitrogen and oxygen atoms in total. The topological polar surface area (TPSA) is 76.4 Å². The van der Waals surface area contributed by atoms with Crippen LogP contribution in [0, 0.1) is 0 Å². The molecule has 0 saturated heterocycles. The van der Waals surface area contributed by atoms with Crippen molar-refractivity contribution in [3.05, 3.63) is 42.1 Å². The molecule has 0 radical (unpaired) electrons. The van der Waals surface area contributed by atoms with Gasteiger partial charge in [-0.3, -0.25) is 4.40 Å². The van der Waals surface area contributed by atoms with Crippen molar-refractivity contribution >= 4 is 11.3 Å². The fourth-order valence-corrected chi connectivity index (χ4v) is 1.98. The predicted octanol–water partition coefficient (Wildman–Crippen LogP) is 2.70. The van der Waals surface area contributed by atoms with Crippen LogP contribution in [0.5, 0.6) is 5.75 Å². The summed E-state index contributed by atoms with van der Waals surface area (Å²) in [6.07, 6.45) is -3.60. The molecule has 21 heavy (non-hydrogen) atoms. The third-order valence-electron chi connectivity index (χ3n) is 3.04. The highest BCUT2D eigenvalue weighted by molar-refractivity contribution is 5.73. The summed E-state index contributed by atoms with van der Waals surface area (Å²) in [4.78, 5) is 0. The molecule has 3 rings (SSSR count). The predicted molar refractivity (Wildman–Crippen MR) is 69.5 cm³/mol. The molecule has 0 fully saturated rings. The van der Waals surface area contributed by atoms with Gasteiger partial charge in [-0.15, -0.1) is 10.2 Å². The SMILES string of the molecule is Nc1cccc(-c2nnc3ccc(C(F)(F)F)cn23)c1O. The van der Waals surface area contributed by atoms with Crippen molar-refractivity contribution in [2.45, 2.75) is 6.18 Å². The molecule has 0 atom stereocenters. The van der Waals surface area contributed by atoms with Gasteiger partial charge in [-0.05, 0) is 24.3 Å². The number of nitrogens with two attached hydrogens (primary N) is 1. The minimum Gasteiger partial charge on any atom is -0.505 e. The molecule has 0 saturated carbocycles. The van der Waals surface area contributed by atoms with E-state index in [0.29, 0.717) is 0 Å². The summed E-state index contributed by atoms with van der Waals surface area (Å²) < 4.78 is 39.5. The Kier molecular flexibility index (Phi) is 2.75. The summed E-state index contributed by atoms with van der Waals surface area (Å²) in [7, 11) is 0. The van der Waals surface area contributed by atoms with Gasteiger partial charge in [0.2, 0.25) is 0 Å². The number of halogens is 3. The molecule has 0 bridgehead atoms. The van der Waals surface area contributed by atoms with E-state index in [2.05, 4.69) is 10.2 Å². The van der Waals surface area contributed by atoms with Crippen LogP contribution in [-0.2, 0) is 6.18 Å². The third kappa shape index (κ3) is 2.14. The number of anilines is 1. The lowest BCUT2D eigenvalue weighted by Crippen LogP contribution is -2.06. The molecule has 2 aromatic heterocycles. The second-order valence-electron chi connectivity index (χ2n) is 4.41. The number of pyridine rings is 1. The number of fused-ring (bicyclic) bond motifs is 1. The van der Waals surface area contributed by atoms with Crippen LogP contribution in [0.25, 0.3) is 17.0 Å². The Bertz CT molecular complexity index is 826. The smallest absolute Gasteiger partial charge is 0.417 e. The highest BCUT2D eigenvalue weighted by atomic mass is 19.4. The van der Waals surface area contributed by atoms with Gasteiger partial charge in [-0.1, -0.05) is 6.07 Å². The van der Waals surface area contributed by atoms with Crippen LogP contribution >= 0.6 is 0 Å². The van der Waals surface area contributed by atoms with E-state index < -0.39 is 11.7 Å². The fraction of sp³-hybridized carbons (Fsp3) is 0.0769. The lowest BCUT2D eigenvalue weighted by atomic mass is 10.1. The van der Waals surface area contributed by atoms with Crippen molar-refractivity contribution in [3.8, 4) is 17.1 Å². The van der Waals surface area contributed by atoms with Crippen molar-refractivity contribution in [2.24, 2.45) is 0 Å². The van der Waals surface area contributed by atoms with Gasteiger partial charge in [-0.2, -0.15) is 13.2 Å². The summed E-state index contributed by atoms with van der Waals surface area (Å²) in [6.45, 7) is 0. The van der Waals surface area contributed by atoms with E-state index in [9.17, 15) is 18.3 Å².